The van der Waals surface area contributed by atoms with Crippen molar-refractivity contribution in [1.29, 1.82) is 0 Å². The zero-order valence-corrected chi connectivity index (χ0v) is 24.1. The number of ether oxygens (including phenoxy) is 2. The molecule has 2 amide bonds. The van der Waals surface area contributed by atoms with Gasteiger partial charge in [0.1, 0.15) is 18.5 Å². The Hall–Kier alpha value is -3.24. The molecule has 1 aromatic rings. The molecule has 222 valence electrons. The summed E-state index contributed by atoms with van der Waals surface area (Å²) in [5, 5.41) is 23.8. The maximum absolute atomic E-state index is 13.6. The van der Waals surface area contributed by atoms with E-state index in [1.54, 1.807) is 19.1 Å². The van der Waals surface area contributed by atoms with Gasteiger partial charge in [0, 0.05) is 36.2 Å². The van der Waals surface area contributed by atoms with Crippen LogP contribution in [0.5, 0.6) is 11.5 Å². The average Bonchev–Trinajstić information content (AvgIpc) is 3.37. The molecule has 3 fully saturated rings. The first kappa shape index (κ1) is 29.3. The summed E-state index contributed by atoms with van der Waals surface area (Å²) < 4.78 is 11.7. The van der Waals surface area contributed by atoms with E-state index in [0.29, 0.717) is 35.0 Å². The molecule has 7 unspecified atom stereocenters. The van der Waals surface area contributed by atoms with Crippen LogP contribution in [0.25, 0.3) is 0 Å². The molecule has 10 heteroatoms. The van der Waals surface area contributed by atoms with Gasteiger partial charge in [-0.2, -0.15) is 0 Å². The van der Waals surface area contributed by atoms with Gasteiger partial charge in [0.2, 0.25) is 11.7 Å². The molecule has 0 radical (unpaired) electrons. The zero-order chi connectivity index (χ0) is 29.6. The second-order valence-corrected chi connectivity index (χ2v) is 12.3. The second-order valence-electron chi connectivity index (χ2n) is 12.3. The number of carbonyl (C=O) groups is 4. The van der Waals surface area contributed by atoms with Gasteiger partial charge < -0.3 is 29.9 Å². The molecule has 4 aliphatic carbocycles. The van der Waals surface area contributed by atoms with Crippen LogP contribution in [0.1, 0.15) is 68.3 Å². The largest absolute Gasteiger partial charge is 0.493 e. The summed E-state index contributed by atoms with van der Waals surface area (Å²) in [6.07, 6.45) is 3.07. The lowest BCUT2D eigenvalue weighted by Crippen LogP contribution is -2.60. The highest BCUT2D eigenvalue weighted by Crippen LogP contribution is 2.61. The molecule has 10 nitrogen and oxygen atoms in total. The first-order valence-corrected chi connectivity index (χ1v) is 14.5. The first-order valence-electron chi connectivity index (χ1n) is 14.5. The Balaban J connectivity index is 1.57. The van der Waals surface area contributed by atoms with Crippen molar-refractivity contribution >= 4 is 23.9 Å². The van der Waals surface area contributed by atoms with Crippen molar-refractivity contribution in [2.24, 2.45) is 23.2 Å². The molecule has 1 heterocycles. The van der Waals surface area contributed by atoms with Crippen LogP contribution in [0.4, 0.5) is 0 Å². The van der Waals surface area contributed by atoms with Gasteiger partial charge >= 0.3 is 0 Å². The number of Topliss-reactive ketones (excluding diaryl/α,β-unsaturated/α-hetero) is 1. The number of hydrogen-bond donors (Lipinski definition) is 3. The number of carbonyl (C=O) groups excluding carboxylic acids is 4. The second kappa shape index (κ2) is 11.2. The number of nitrogens with one attached hydrogen (secondary N) is 1. The van der Waals surface area contributed by atoms with Gasteiger partial charge in [0.25, 0.3) is 5.91 Å². The molecule has 7 atom stereocenters. The molecule has 0 aromatic heterocycles. The van der Waals surface area contributed by atoms with Crippen molar-refractivity contribution in [2.45, 2.75) is 70.6 Å². The molecule has 1 aliphatic heterocycles. The highest BCUT2D eigenvalue weighted by molar-refractivity contribution is 6.36. The van der Waals surface area contributed by atoms with Gasteiger partial charge in [-0.25, -0.2) is 0 Å². The Morgan fingerprint density at radius 3 is 2.61 bits per heavy atom. The predicted molar refractivity (Wildman–Crippen MR) is 149 cm³/mol. The Morgan fingerprint density at radius 1 is 1.24 bits per heavy atom. The molecule has 5 aliphatic rings. The normalized spacial score (nSPS) is 30.5. The van der Waals surface area contributed by atoms with Crippen LogP contribution >= 0.6 is 0 Å². The number of ketones is 1. The minimum absolute atomic E-state index is 0.00314. The highest BCUT2D eigenvalue weighted by Gasteiger charge is 2.56. The molecule has 6 rings (SSSR count). The van der Waals surface area contributed by atoms with E-state index >= 15 is 0 Å². The van der Waals surface area contributed by atoms with E-state index in [9.17, 15) is 29.4 Å². The first-order chi connectivity index (χ1) is 19.6. The summed E-state index contributed by atoms with van der Waals surface area (Å²) in [6, 6.07) is 2.13. The third kappa shape index (κ3) is 4.84. The van der Waals surface area contributed by atoms with Crippen molar-refractivity contribution < 1.29 is 38.9 Å². The zero-order valence-electron chi connectivity index (χ0n) is 24.1. The average molecular weight is 569 g/mol. The minimum Gasteiger partial charge on any atom is -0.493 e. The van der Waals surface area contributed by atoms with E-state index in [1.807, 2.05) is 0 Å². The number of nitrogens with zero attached hydrogens (tertiary/aromatic N) is 1. The molecular weight excluding hydrogens is 528 g/mol. The molecule has 3 saturated carbocycles. The maximum Gasteiger partial charge on any atom is 0.290 e. The van der Waals surface area contributed by atoms with Crippen molar-refractivity contribution in [3.8, 4) is 11.5 Å². The van der Waals surface area contributed by atoms with Gasteiger partial charge in [0.15, 0.2) is 11.5 Å². The summed E-state index contributed by atoms with van der Waals surface area (Å²) >= 11 is 0. The monoisotopic (exact) mass is 568 g/mol. The number of amides is 2. The Labute approximate surface area is 240 Å². The standard InChI is InChI=1S/C31H40N2O8/c1-5-23(36)30(39)33(14-17-6-7-18-12-21(17)31(18,2)3)22-13-20(29(38)32-8-9-34)25-19-10-16(15-35)11-24(40-4)27(19)41-28(25)26(22)37/h10-11,13,15,17-18,21-22,25-26,28,34,37H,5-9,12,14H2,1-4H3,(H,32,38). The van der Waals surface area contributed by atoms with Crippen LogP contribution in [0.15, 0.2) is 23.8 Å². The highest BCUT2D eigenvalue weighted by atomic mass is 16.5. The van der Waals surface area contributed by atoms with Crippen LogP contribution in [0.3, 0.4) is 0 Å². The van der Waals surface area contributed by atoms with E-state index in [4.69, 9.17) is 9.47 Å². The Bertz CT molecular complexity index is 1270. The number of hydrogen-bond acceptors (Lipinski definition) is 8. The third-order valence-corrected chi connectivity index (χ3v) is 10.0. The smallest absolute Gasteiger partial charge is 0.290 e. The lowest BCUT2D eigenvalue weighted by atomic mass is 9.45. The number of aliphatic hydroxyl groups is 2. The fraction of sp³-hybridized carbons (Fsp3) is 0.613. The van der Waals surface area contributed by atoms with Gasteiger partial charge in [-0.3, -0.25) is 19.2 Å². The predicted octanol–water partition coefficient (Wildman–Crippen LogP) is 2.01. The molecule has 0 saturated heterocycles. The van der Waals surface area contributed by atoms with E-state index in [-0.39, 0.29) is 48.8 Å². The lowest BCUT2D eigenvalue weighted by molar-refractivity contribution is -0.153. The van der Waals surface area contributed by atoms with Crippen LogP contribution in [0.2, 0.25) is 0 Å². The van der Waals surface area contributed by atoms with E-state index in [0.717, 1.165) is 19.3 Å². The van der Waals surface area contributed by atoms with Crippen LogP contribution in [-0.4, -0.2) is 84.1 Å². The molecule has 41 heavy (non-hydrogen) atoms. The van der Waals surface area contributed by atoms with Gasteiger partial charge in [-0.05, 0) is 60.6 Å². The SMILES string of the molecule is CCC(=O)C(=O)N(CC1CCC2CC1C2(C)C)C1C=C(C(=O)NCCO)C2c3cc(C=O)cc(OC)c3OC2C1O. The maximum atomic E-state index is 13.6. The molecule has 1 aromatic carbocycles. The molecule has 0 spiro atoms. The number of aldehydes is 1. The van der Waals surface area contributed by atoms with Crippen LogP contribution in [-0.2, 0) is 14.4 Å². The Kier molecular flexibility index (Phi) is 8.00. The van der Waals surface area contributed by atoms with Gasteiger partial charge in [-0.1, -0.05) is 20.8 Å². The summed E-state index contributed by atoms with van der Waals surface area (Å²) in [6.45, 7) is 6.17. The van der Waals surface area contributed by atoms with Crippen molar-refractivity contribution in [3.63, 3.8) is 0 Å². The van der Waals surface area contributed by atoms with Gasteiger partial charge in [0.05, 0.1) is 25.7 Å². The summed E-state index contributed by atoms with van der Waals surface area (Å²) in [4.78, 5) is 53.0. The van der Waals surface area contributed by atoms with Crippen LogP contribution in [0, 0.1) is 23.2 Å². The molecule has 3 N–H and O–H groups in total. The Morgan fingerprint density at radius 2 is 2.00 bits per heavy atom. The minimum atomic E-state index is -1.27. The van der Waals surface area contributed by atoms with Crippen molar-refractivity contribution in [2.75, 3.05) is 26.8 Å². The van der Waals surface area contributed by atoms with Crippen LogP contribution < -0.4 is 14.8 Å². The van der Waals surface area contributed by atoms with Gasteiger partial charge in [-0.15, -0.1) is 0 Å². The van der Waals surface area contributed by atoms with Crippen molar-refractivity contribution in [1.82, 2.24) is 10.2 Å². The summed E-state index contributed by atoms with van der Waals surface area (Å²) in [7, 11) is 1.44. The fourth-order valence-corrected chi connectivity index (χ4v) is 7.64. The molecular formula is C31H40N2O8. The summed E-state index contributed by atoms with van der Waals surface area (Å²) in [5.74, 6) is -0.686. The van der Waals surface area contributed by atoms with E-state index < -0.39 is 41.8 Å². The number of aliphatic hydroxyl groups excluding tert-OH is 2. The molecule has 2 bridgehead atoms. The van der Waals surface area contributed by atoms with E-state index in [2.05, 4.69) is 19.2 Å². The summed E-state index contributed by atoms with van der Waals surface area (Å²) in [5.41, 5.74) is 1.21. The fourth-order valence-electron chi connectivity index (χ4n) is 7.64. The lowest BCUT2D eigenvalue weighted by Gasteiger charge is -2.61. The third-order valence-electron chi connectivity index (χ3n) is 10.0. The number of rotatable bonds is 10. The van der Waals surface area contributed by atoms with Crippen molar-refractivity contribution in [3.05, 3.63) is 34.9 Å². The number of methoxy groups -OCH3 is 1. The number of benzene rings is 1. The topological polar surface area (TPSA) is 142 Å². The number of fused-ring (bicyclic) bond motifs is 5. The van der Waals surface area contributed by atoms with E-state index in [1.165, 1.54) is 18.1 Å². The quantitative estimate of drug-likeness (QED) is 0.287.